The van der Waals surface area contributed by atoms with E-state index in [-0.39, 0.29) is 0 Å². The van der Waals surface area contributed by atoms with Crippen molar-refractivity contribution < 1.29 is 0 Å². The van der Waals surface area contributed by atoms with Gasteiger partial charge < -0.3 is 4.90 Å². The van der Waals surface area contributed by atoms with Crippen molar-refractivity contribution in [3.05, 3.63) is 23.9 Å². The first-order chi connectivity index (χ1) is 8.11. The van der Waals surface area contributed by atoms with Gasteiger partial charge in [0.2, 0.25) is 0 Å². The van der Waals surface area contributed by atoms with E-state index in [4.69, 9.17) is 5.26 Å². The third-order valence-corrected chi connectivity index (χ3v) is 3.51. The molecule has 1 aromatic rings. The molecule has 3 heteroatoms. The van der Waals surface area contributed by atoms with Gasteiger partial charge in [-0.25, -0.2) is 4.98 Å². The topological polar surface area (TPSA) is 39.9 Å². The molecule has 1 fully saturated rings. The average Bonchev–Trinajstić information content (AvgIpc) is 2.50. The van der Waals surface area contributed by atoms with E-state index in [2.05, 4.69) is 29.8 Å². The molecule has 90 valence electrons. The maximum absolute atomic E-state index is 8.87. The standard InChI is InChI=1S/C14H19N3/c1-14(2)7-4-9-17(10-8-14)13-6-3-5-12(11-15)16-13/h3,5-6H,4,7-10H2,1-2H3. The van der Waals surface area contributed by atoms with E-state index in [1.165, 1.54) is 19.3 Å². The molecule has 0 atom stereocenters. The third-order valence-electron chi connectivity index (χ3n) is 3.51. The molecule has 1 aromatic heterocycles. The third kappa shape index (κ3) is 2.97. The molecule has 17 heavy (non-hydrogen) atoms. The van der Waals surface area contributed by atoms with Crippen LogP contribution in [0.1, 0.15) is 38.8 Å². The minimum Gasteiger partial charge on any atom is -0.357 e. The van der Waals surface area contributed by atoms with Gasteiger partial charge in [0.05, 0.1) is 0 Å². The summed E-state index contributed by atoms with van der Waals surface area (Å²) in [7, 11) is 0. The van der Waals surface area contributed by atoms with Crippen molar-refractivity contribution in [3.8, 4) is 6.07 Å². The minimum absolute atomic E-state index is 0.432. The van der Waals surface area contributed by atoms with E-state index >= 15 is 0 Å². The highest BCUT2D eigenvalue weighted by atomic mass is 15.2. The SMILES string of the molecule is CC1(C)CCCN(c2cccc(C#N)n2)CC1. The monoisotopic (exact) mass is 229 g/mol. The highest BCUT2D eigenvalue weighted by Crippen LogP contribution is 2.31. The molecule has 0 spiro atoms. The Morgan fingerprint density at radius 1 is 1.29 bits per heavy atom. The summed E-state index contributed by atoms with van der Waals surface area (Å²) in [4.78, 5) is 6.67. The van der Waals surface area contributed by atoms with Crippen LogP contribution in [-0.2, 0) is 0 Å². The van der Waals surface area contributed by atoms with Crippen molar-refractivity contribution in [2.45, 2.75) is 33.1 Å². The van der Waals surface area contributed by atoms with Crippen LogP contribution in [0.15, 0.2) is 18.2 Å². The smallest absolute Gasteiger partial charge is 0.142 e. The Kier molecular flexibility index (Phi) is 3.33. The van der Waals surface area contributed by atoms with Crippen LogP contribution in [-0.4, -0.2) is 18.1 Å². The second-order valence-corrected chi connectivity index (χ2v) is 5.50. The van der Waals surface area contributed by atoms with Crippen LogP contribution in [0.2, 0.25) is 0 Å². The van der Waals surface area contributed by atoms with E-state index in [0.717, 1.165) is 18.9 Å². The van der Waals surface area contributed by atoms with Gasteiger partial charge in [0, 0.05) is 13.1 Å². The van der Waals surface area contributed by atoms with Crippen molar-refractivity contribution in [1.82, 2.24) is 4.98 Å². The summed E-state index contributed by atoms with van der Waals surface area (Å²) in [5.74, 6) is 0.946. The fourth-order valence-electron chi connectivity index (χ4n) is 2.31. The van der Waals surface area contributed by atoms with E-state index in [9.17, 15) is 0 Å². The highest BCUT2D eigenvalue weighted by molar-refractivity contribution is 5.41. The normalized spacial score (nSPS) is 19.5. The maximum atomic E-state index is 8.87. The average molecular weight is 229 g/mol. The number of anilines is 1. The molecule has 0 aromatic carbocycles. The predicted octanol–water partition coefficient (Wildman–Crippen LogP) is 2.97. The quantitative estimate of drug-likeness (QED) is 0.743. The lowest BCUT2D eigenvalue weighted by atomic mass is 9.85. The number of hydrogen-bond donors (Lipinski definition) is 0. The van der Waals surface area contributed by atoms with Crippen LogP contribution >= 0.6 is 0 Å². The molecular formula is C14H19N3. The summed E-state index contributed by atoms with van der Waals surface area (Å²) in [5.41, 5.74) is 0.938. The summed E-state index contributed by atoms with van der Waals surface area (Å²) < 4.78 is 0. The first-order valence-corrected chi connectivity index (χ1v) is 6.23. The Balaban J connectivity index is 2.14. The highest BCUT2D eigenvalue weighted by Gasteiger charge is 2.23. The second-order valence-electron chi connectivity index (χ2n) is 5.50. The van der Waals surface area contributed by atoms with Gasteiger partial charge in [0.1, 0.15) is 17.6 Å². The molecule has 3 nitrogen and oxygen atoms in total. The molecular weight excluding hydrogens is 210 g/mol. The Labute approximate surface area is 103 Å². The molecule has 1 aliphatic rings. The van der Waals surface area contributed by atoms with Gasteiger partial charge >= 0.3 is 0 Å². The number of aromatic nitrogens is 1. The lowest BCUT2D eigenvalue weighted by molar-refractivity contribution is 0.325. The van der Waals surface area contributed by atoms with E-state index in [1.807, 2.05) is 12.1 Å². The Morgan fingerprint density at radius 2 is 2.12 bits per heavy atom. The zero-order valence-corrected chi connectivity index (χ0v) is 10.6. The zero-order valence-electron chi connectivity index (χ0n) is 10.6. The summed E-state index contributed by atoms with van der Waals surface area (Å²) in [5, 5.41) is 8.87. The molecule has 1 aliphatic heterocycles. The van der Waals surface area contributed by atoms with Crippen LogP contribution < -0.4 is 4.90 Å². The van der Waals surface area contributed by atoms with Crippen LogP contribution in [0, 0.1) is 16.7 Å². The number of hydrogen-bond acceptors (Lipinski definition) is 3. The fraction of sp³-hybridized carbons (Fsp3) is 0.571. The van der Waals surface area contributed by atoms with Crippen LogP contribution in [0.25, 0.3) is 0 Å². The van der Waals surface area contributed by atoms with Crippen LogP contribution in [0.4, 0.5) is 5.82 Å². The molecule has 0 saturated carbocycles. The van der Waals surface area contributed by atoms with Crippen molar-refractivity contribution in [3.63, 3.8) is 0 Å². The van der Waals surface area contributed by atoms with Crippen molar-refractivity contribution in [1.29, 1.82) is 5.26 Å². The number of pyridine rings is 1. The summed E-state index contributed by atoms with van der Waals surface area (Å²) in [6.45, 7) is 6.74. The van der Waals surface area contributed by atoms with Crippen LogP contribution in [0.3, 0.4) is 0 Å². The molecule has 1 saturated heterocycles. The molecule has 0 aliphatic carbocycles. The largest absolute Gasteiger partial charge is 0.357 e. The lowest BCUT2D eigenvalue weighted by Crippen LogP contribution is -2.26. The van der Waals surface area contributed by atoms with Crippen molar-refractivity contribution >= 4 is 5.82 Å². The van der Waals surface area contributed by atoms with Gasteiger partial charge in [0.25, 0.3) is 0 Å². The molecule has 0 amide bonds. The summed E-state index contributed by atoms with van der Waals surface area (Å²) in [6.07, 6.45) is 3.65. The predicted molar refractivity (Wildman–Crippen MR) is 68.8 cm³/mol. The van der Waals surface area contributed by atoms with E-state index < -0.39 is 0 Å². The zero-order chi connectivity index (χ0) is 12.3. The molecule has 0 unspecified atom stereocenters. The summed E-state index contributed by atoms with van der Waals surface area (Å²) in [6, 6.07) is 7.77. The first kappa shape index (κ1) is 11.9. The van der Waals surface area contributed by atoms with Crippen molar-refractivity contribution in [2.75, 3.05) is 18.0 Å². The molecule has 0 bridgehead atoms. The second kappa shape index (κ2) is 4.75. The van der Waals surface area contributed by atoms with Gasteiger partial charge in [-0.3, -0.25) is 0 Å². The molecule has 2 heterocycles. The number of rotatable bonds is 1. The Hall–Kier alpha value is -1.56. The van der Waals surface area contributed by atoms with Gasteiger partial charge in [-0.15, -0.1) is 0 Å². The fourth-order valence-corrected chi connectivity index (χ4v) is 2.31. The number of nitriles is 1. The van der Waals surface area contributed by atoms with Gasteiger partial charge in [-0.1, -0.05) is 19.9 Å². The van der Waals surface area contributed by atoms with Gasteiger partial charge in [-0.05, 0) is 36.8 Å². The van der Waals surface area contributed by atoms with Gasteiger partial charge in [-0.2, -0.15) is 5.26 Å². The first-order valence-electron chi connectivity index (χ1n) is 6.23. The van der Waals surface area contributed by atoms with Crippen molar-refractivity contribution in [2.24, 2.45) is 5.41 Å². The Bertz CT molecular complexity index is 431. The lowest BCUT2D eigenvalue weighted by Gasteiger charge is -2.24. The van der Waals surface area contributed by atoms with E-state index in [0.29, 0.717) is 11.1 Å². The van der Waals surface area contributed by atoms with Crippen LogP contribution in [0.5, 0.6) is 0 Å². The summed E-state index contributed by atoms with van der Waals surface area (Å²) >= 11 is 0. The maximum Gasteiger partial charge on any atom is 0.142 e. The van der Waals surface area contributed by atoms with Gasteiger partial charge in [0.15, 0.2) is 0 Å². The van der Waals surface area contributed by atoms with E-state index in [1.54, 1.807) is 6.07 Å². The molecule has 0 radical (unpaired) electrons. The minimum atomic E-state index is 0.432. The molecule has 2 rings (SSSR count). The Morgan fingerprint density at radius 3 is 2.88 bits per heavy atom. The molecule has 0 N–H and O–H groups in total. The number of nitrogens with zero attached hydrogens (tertiary/aromatic N) is 3.